The molecule has 0 bridgehead atoms. The van der Waals surface area contributed by atoms with E-state index in [2.05, 4.69) is 20.4 Å². The number of nitrogens with zero attached hydrogens (tertiary/aromatic N) is 3. The Hall–Kier alpha value is -4.14. The fourth-order valence-corrected chi connectivity index (χ4v) is 3.72. The first kappa shape index (κ1) is 18.9. The lowest BCUT2D eigenvalue weighted by molar-refractivity contribution is -0.128. The lowest BCUT2D eigenvalue weighted by atomic mass is 10.1. The predicted octanol–water partition coefficient (Wildman–Crippen LogP) is 2.89. The van der Waals surface area contributed by atoms with Gasteiger partial charge in [0.15, 0.2) is 0 Å². The van der Waals surface area contributed by atoms with Crippen molar-refractivity contribution >= 4 is 22.8 Å². The van der Waals surface area contributed by atoms with Crippen LogP contribution in [0.5, 0.6) is 5.75 Å². The van der Waals surface area contributed by atoms with E-state index in [-0.39, 0.29) is 18.3 Å². The van der Waals surface area contributed by atoms with E-state index in [9.17, 15) is 9.59 Å². The van der Waals surface area contributed by atoms with Gasteiger partial charge in [-0.05, 0) is 23.8 Å². The summed E-state index contributed by atoms with van der Waals surface area (Å²) < 4.78 is 10.5. The first-order valence-electron chi connectivity index (χ1n) is 9.76. The van der Waals surface area contributed by atoms with Crippen molar-refractivity contribution in [3.05, 3.63) is 66.2 Å². The summed E-state index contributed by atoms with van der Waals surface area (Å²) in [6, 6.07) is 13.9. The standard InChI is InChI=1S/C22H19N5O4/c1-30-15-6-4-5-13(9-15)20-25-19(31-26-20)12-27-21(28)18(24-22(27)29)10-14-11-23-17-8-3-2-7-16(14)17/h2-9,11,18,23H,10,12H2,1H3,(H,24,29)/t18-/m0/s1. The Morgan fingerprint density at radius 3 is 2.90 bits per heavy atom. The number of H-pyrrole nitrogens is 1. The molecule has 4 aromatic rings. The van der Waals surface area contributed by atoms with Crippen LogP contribution in [0.4, 0.5) is 4.79 Å². The van der Waals surface area contributed by atoms with Gasteiger partial charge in [-0.15, -0.1) is 0 Å². The molecule has 156 valence electrons. The van der Waals surface area contributed by atoms with Gasteiger partial charge in [0.2, 0.25) is 11.7 Å². The summed E-state index contributed by atoms with van der Waals surface area (Å²) in [5.41, 5.74) is 2.67. The van der Waals surface area contributed by atoms with Crippen molar-refractivity contribution in [1.82, 2.24) is 25.3 Å². The maximum atomic E-state index is 12.9. The minimum atomic E-state index is -0.646. The van der Waals surface area contributed by atoms with Crippen molar-refractivity contribution in [3.63, 3.8) is 0 Å². The van der Waals surface area contributed by atoms with Crippen molar-refractivity contribution in [2.24, 2.45) is 0 Å². The molecule has 1 fully saturated rings. The van der Waals surface area contributed by atoms with Gasteiger partial charge in [0, 0.05) is 29.1 Å². The first-order valence-corrected chi connectivity index (χ1v) is 9.76. The molecule has 3 amide bonds. The number of fused-ring (bicyclic) bond motifs is 1. The van der Waals surface area contributed by atoms with Crippen LogP contribution in [0.25, 0.3) is 22.3 Å². The quantitative estimate of drug-likeness (QED) is 0.467. The third kappa shape index (κ3) is 3.50. The van der Waals surface area contributed by atoms with E-state index < -0.39 is 12.1 Å². The summed E-state index contributed by atoms with van der Waals surface area (Å²) in [7, 11) is 1.57. The first-order chi connectivity index (χ1) is 15.1. The zero-order valence-electron chi connectivity index (χ0n) is 16.7. The van der Waals surface area contributed by atoms with Crippen LogP contribution >= 0.6 is 0 Å². The maximum Gasteiger partial charge on any atom is 0.325 e. The van der Waals surface area contributed by atoms with Crippen molar-refractivity contribution in [2.45, 2.75) is 19.0 Å². The van der Waals surface area contributed by atoms with Crippen LogP contribution in [-0.2, 0) is 17.8 Å². The highest BCUT2D eigenvalue weighted by Gasteiger charge is 2.39. The SMILES string of the molecule is COc1cccc(-c2noc(CN3C(=O)N[C@@H](Cc4c[nH]c5ccccc45)C3=O)n2)c1. The molecule has 1 aliphatic heterocycles. The van der Waals surface area contributed by atoms with E-state index in [4.69, 9.17) is 9.26 Å². The molecule has 0 saturated carbocycles. The van der Waals surface area contributed by atoms with Gasteiger partial charge in [0.25, 0.3) is 5.91 Å². The lowest BCUT2D eigenvalue weighted by Gasteiger charge is -2.10. The third-order valence-corrected chi connectivity index (χ3v) is 5.30. The summed E-state index contributed by atoms with van der Waals surface area (Å²) in [5.74, 6) is 0.875. The normalized spacial score (nSPS) is 16.2. The van der Waals surface area contributed by atoms with Gasteiger partial charge >= 0.3 is 6.03 Å². The topological polar surface area (TPSA) is 113 Å². The zero-order chi connectivity index (χ0) is 21.4. The molecule has 3 heterocycles. The Labute approximate surface area is 177 Å². The fourth-order valence-electron chi connectivity index (χ4n) is 3.72. The molecule has 1 aliphatic rings. The van der Waals surface area contributed by atoms with Crippen LogP contribution in [0.15, 0.2) is 59.3 Å². The highest BCUT2D eigenvalue weighted by Crippen LogP contribution is 2.24. The second kappa shape index (κ2) is 7.60. The third-order valence-electron chi connectivity index (χ3n) is 5.30. The number of carbonyl (C=O) groups is 2. The van der Waals surface area contributed by atoms with Gasteiger partial charge in [-0.1, -0.05) is 35.5 Å². The van der Waals surface area contributed by atoms with Crippen LogP contribution in [0, 0.1) is 0 Å². The van der Waals surface area contributed by atoms with Gasteiger partial charge in [0.05, 0.1) is 7.11 Å². The number of para-hydroxylation sites is 1. The summed E-state index contributed by atoms with van der Waals surface area (Å²) in [5, 5.41) is 7.73. The summed E-state index contributed by atoms with van der Waals surface area (Å²) >= 11 is 0. The number of benzene rings is 2. The number of methoxy groups -OCH3 is 1. The number of hydrogen-bond donors (Lipinski definition) is 2. The van der Waals surface area contributed by atoms with E-state index in [0.717, 1.165) is 21.4 Å². The zero-order valence-corrected chi connectivity index (χ0v) is 16.7. The van der Waals surface area contributed by atoms with E-state index >= 15 is 0 Å². The second-order valence-corrected chi connectivity index (χ2v) is 7.23. The molecule has 1 saturated heterocycles. The molecule has 2 N–H and O–H groups in total. The molecular formula is C22H19N5O4. The van der Waals surface area contributed by atoms with Gasteiger partial charge in [-0.3, -0.25) is 9.69 Å². The molecule has 2 aromatic carbocycles. The number of carbonyl (C=O) groups excluding carboxylic acids is 2. The predicted molar refractivity (Wildman–Crippen MR) is 111 cm³/mol. The van der Waals surface area contributed by atoms with Crippen LogP contribution in [0.2, 0.25) is 0 Å². The molecule has 9 heteroatoms. The number of urea groups is 1. The van der Waals surface area contributed by atoms with E-state index in [1.54, 1.807) is 13.2 Å². The minimum Gasteiger partial charge on any atom is -0.497 e. The number of nitrogens with one attached hydrogen (secondary N) is 2. The van der Waals surface area contributed by atoms with E-state index in [1.807, 2.05) is 48.7 Å². The number of amides is 3. The molecule has 0 spiro atoms. The molecule has 0 unspecified atom stereocenters. The summed E-state index contributed by atoms with van der Waals surface area (Å²) in [4.78, 5) is 33.9. The number of aromatic nitrogens is 3. The van der Waals surface area contributed by atoms with Crippen molar-refractivity contribution in [1.29, 1.82) is 0 Å². The van der Waals surface area contributed by atoms with Crippen molar-refractivity contribution < 1.29 is 18.8 Å². The smallest absolute Gasteiger partial charge is 0.325 e. The van der Waals surface area contributed by atoms with Crippen LogP contribution in [0.1, 0.15) is 11.5 Å². The molecule has 1 atom stereocenters. The minimum absolute atomic E-state index is 0.0913. The lowest BCUT2D eigenvalue weighted by Crippen LogP contribution is -2.32. The number of hydrogen-bond acceptors (Lipinski definition) is 6. The number of rotatable bonds is 6. The second-order valence-electron chi connectivity index (χ2n) is 7.23. The number of aromatic amines is 1. The number of imide groups is 1. The van der Waals surface area contributed by atoms with Gasteiger partial charge < -0.3 is 19.6 Å². The van der Waals surface area contributed by atoms with Crippen LogP contribution < -0.4 is 10.1 Å². The highest BCUT2D eigenvalue weighted by atomic mass is 16.5. The van der Waals surface area contributed by atoms with Crippen LogP contribution in [-0.4, -0.2) is 45.1 Å². The molecule has 5 rings (SSSR count). The monoisotopic (exact) mass is 417 g/mol. The molecule has 2 aromatic heterocycles. The Balaban J connectivity index is 1.31. The van der Waals surface area contributed by atoms with Gasteiger partial charge in [-0.2, -0.15) is 4.98 Å². The summed E-state index contributed by atoms with van der Waals surface area (Å²) in [6.45, 7) is -0.0913. The van der Waals surface area contributed by atoms with Gasteiger partial charge in [0.1, 0.15) is 18.3 Å². The molecule has 31 heavy (non-hydrogen) atoms. The van der Waals surface area contributed by atoms with Gasteiger partial charge in [-0.25, -0.2) is 4.79 Å². The van der Waals surface area contributed by atoms with Crippen molar-refractivity contribution in [3.8, 4) is 17.1 Å². The Kier molecular flexibility index (Phi) is 4.62. The Morgan fingerprint density at radius 2 is 2.03 bits per heavy atom. The average Bonchev–Trinajstić information content (AvgIpc) is 3.49. The Morgan fingerprint density at radius 1 is 1.16 bits per heavy atom. The molecule has 0 aliphatic carbocycles. The molecule has 9 nitrogen and oxygen atoms in total. The average molecular weight is 417 g/mol. The molecular weight excluding hydrogens is 398 g/mol. The van der Waals surface area contributed by atoms with Crippen molar-refractivity contribution in [2.75, 3.05) is 7.11 Å². The highest BCUT2D eigenvalue weighted by molar-refractivity contribution is 6.04. The van der Waals surface area contributed by atoms with E-state index in [0.29, 0.717) is 23.6 Å². The largest absolute Gasteiger partial charge is 0.497 e. The fraction of sp³-hybridized carbons (Fsp3) is 0.182. The maximum absolute atomic E-state index is 12.9. The summed E-state index contributed by atoms with van der Waals surface area (Å²) in [6.07, 6.45) is 2.26. The van der Waals surface area contributed by atoms with E-state index in [1.165, 1.54) is 0 Å². The number of ether oxygens (including phenoxy) is 1. The molecule has 0 radical (unpaired) electrons. The van der Waals surface area contributed by atoms with Crippen LogP contribution in [0.3, 0.4) is 0 Å². The Bertz CT molecular complexity index is 1280.